The van der Waals surface area contributed by atoms with Crippen LogP contribution in [0.2, 0.25) is 0 Å². The number of carbonyl (C=O) groups is 1. The molecule has 5 heteroatoms. The summed E-state index contributed by atoms with van der Waals surface area (Å²) in [5, 5.41) is 2.88. The standard InChI is InChI=1S/C23H21N3O2/c1-25(15-18-9-6-8-17-7-2-3-10-19(17)18)22(27)13-14-26-16-24-21-12-5-4-11-20(21)23(26)28/h2-12,16H,13-15H2,1H3. The summed E-state index contributed by atoms with van der Waals surface area (Å²) < 4.78 is 1.51. The van der Waals surface area contributed by atoms with Gasteiger partial charge in [-0.15, -0.1) is 0 Å². The summed E-state index contributed by atoms with van der Waals surface area (Å²) in [6.07, 6.45) is 1.77. The molecule has 1 amide bonds. The van der Waals surface area contributed by atoms with Gasteiger partial charge in [0.25, 0.3) is 5.56 Å². The molecule has 0 radical (unpaired) electrons. The lowest BCUT2D eigenvalue weighted by Gasteiger charge is -2.19. The number of aryl methyl sites for hydroxylation is 1. The van der Waals surface area contributed by atoms with E-state index in [0.717, 1.165) is 16.3 Å². The first kappa shape index (κ1) is 17.9. The number of nitrogens with zero attached hydrogens (tertiary/aromatic N) is 3. The van der Waals surface area contributed by atoms with Crippen LogP contribution in [0.4, 0.5) is 0 Å². The first-order chi connectivity index (χ1) is 13.6. The first-order valence-electron chi connectivity index (χ1n) is 9.28. The number of hydrogen-bond acceptors (Lipinski definition) is 3. The Balaban J connectivity index is 1.46. The van der Waals surface area contributed by atoms with Crippen molar-refractivity contribution in [2.75, 3.05) is 7.05 Å². The predicted octanol–water partition coefficient (Wildman–Crippen LogP) is 3.60. The Bertz CT molecular complexity index is 1210. The highest BCUT2D eigenvalue weighted by Crippen LogP contribution is 2.19. The van der Waals surface area contributed by atoms with Crippen LogP contribution in [0.3, 0.4) is 0 Å². The van der Waals surface area contributed by atoms with Crippen molar-refractivity contribution in [3.05, 3.63) is 89.0 Å². The van der Waals surface area contributed by atoms with Crippen LogP contribution in [-0.4, -0.2) is 27.4 Å². The molecule has 0 N–H and O–H groups in total. The molecule has 1 heterocycles. The SMILES string of the molecule is CN(Cc1cccc2ccccc12)C(=O)CCn1cnc2ccccc2c1=O. The fraction of sp³-hybridized carbons (Fsp3) is 0.174. The summed E-state index contributed by atoms with van der Waals surface area (Å²) in [5.41, 5.74) is 1.66. The molecule has 0 fully saturated rings. The number of benzene rings is 3. The number of amides is 1. The van der Waals surface area contributed by atoms with Crippen molar-refractivity contribution >= 4 is 27.6 Å². The Morgan fingerprint density at radius 3 is 2.54 bits per heavy atom. The van der Waals surface area contributed by atoms with E-state index in [1.165, 1.54) is 10.9 Å². The molecule has 28 heavy (non-hydrogen) atoms. The molecule has 3 aromatic carbocycles. The zero-order chi connectivity index (χ0) is 19.5. The maximum atomic E-state index is 12.6. The van der Waals surface area contributed by atoms with Gasteiger partial charge in [-0.2, -0.15) is 0 Å². The topological polar surface area (TPSA) is 55.2 Å². The van der Waals surface area contributed by atoms with Gasteiger partial charge in [0.05, 0.1) is 17.2 Å². The largest absolute Gasteiger partial charge is 0.341 e. The average Bonchev–Trinajstić information content (AvgIpc) is 2.73. The van der Waals surface area contributed by atoms with Gasteiger partial charge in [-0.3, -0.25) is 14.2 Å². The second kappa shape index (κ2) is 7.64. The average molecular weight is 371 g/mol. The highest BCUT2D eigenvalue weighted by Gasteiger charge is 2.12. The van der Waals surface area contributed by atoms with Crippen LogP contribution in [0.25, 0.3) is 21.7 Å². The maximum absolute atomic E-state index is 12.6. The lowest BCUT2D eigenvalue weighted by atomic mass is 10.0. The van der Waals surface area contributed by atoms with E-state index in [0.29, 0.717) is 24.0 Å². The quantitative estimate of drug-likeness (QED) is 0.539. The molecule has 1 aromatic heterocycles. The van der Waals surface area contributed by atoms with E-state index in [1.807, 2.05) is 42.5 Å². The van der Waals surface area contributed by atoms with Crippen molar-refractivity contribution < 1.29 is 4.79 Å². The lowest BCUT2D eigenvalue weighted by molar-refractivity contribution is -0.130. The molecular weight excluding hydrogens is 350 g/mol. The van der Waals surface area contributed by atoms with Crippen LogP contribution in [-0.2, 0) is 17.9 Å². The van der Waals surface area contributed by atoms with Gasteiger partial charge >= 0.3 is 0 Å². The highest BCUT2D eigenvalue weighted by atomic mass is 16.2. The third-order valence-corrected chi connectivity index (χ3v) is 5.01. The van der Waals surface area contributed by atoms with Crippen molar-refractivity contribution in [1.29, 1.82) is 0 Å². The van der Waals surface area contributed by atoms with E-state index in [2.05, 4.69) is 23.2 Å². The monoisotopic (exact) mass is 371 g/mol. The molecular formula is C23H21N3O2. The summed E-state index contributed by atoms with van der Waals surface area (Å²) in [7, 11) is 1.80. The second-order valence-electron chi connectivity index (χ2n) is 6.90. The number of para-hydroxylation sites is 1. The Labute approximate surface area is 162 Å². The number of aromatic nitrogens is 2. The number of hydrogen-bond donors (Lipinski definition) is 0. The van der Waals surface area contributed by atoms with Gasteiger partial charge in [0, 0.05) is 26.6 Å². The van der Waals surface area contributed by atoms with Crippen molar-refractivity contribution in [2.24, 2.45) is 0 Å². The molecule has 0 spiro atoms. The van der Waals surface area contributed by atoms with E-state index in [4.69, 9.17) is 0 Å². The normalized spacial score (nSPS) is 11.0. The molecule has 140 valence electrons. The van der Waals surface area contributed by atoms with Crippen LogP contribution < -0.4 is 5.56 Å². The molecule has 0 atom stereocenters. The van der Waals surface area contributed by atoms with Gasteiger partial charge in [-0.05, 0) is 28.5 Å². The minimum atomic E-state index is -0.116. The van der Waals surface area contributed by atoms with Crippen molar-refractivity contribution in [3.63, 3.8) is 0 Å². The Kier molecular flexibility index (Phi) is 4.89. The number of fused-ring (bicyclic) bond motifs is 2. The van der Waals surface area contributed by atoms with Gasteiger partial charge in [0.15, 0.2) is 0 Å². The van der Waals surface area contributed by atoms with E-state index >= 15 is 0 Å². The lowest BCUT2D eigenvalue weighted by Crippen LogP contribution is -2.29. The number of rotatable bonds is 5. The van der Waals surface area contributed by atoms with Gasteiger partial charge in [0.1, 0.15) is 0 Å². The summed E-state index contributed by atoms with van der Waals surface area (Å²) >= 11 is 0. The minimum Gasteiger partial charge on any atom is -0.341 e. The fourth-order valence-electron chi connectivity index (χ4n) is 3.45. The van der Waals surface area contributed by atoms with Crippen molar-refractivity contribution in [1.82, 2.24) is 14.5 Å². The fourth-order valence-corrected chi connectivity index (χ4v) is 3.45. The Morgan fingerprint density at radius 1 is 0.964 bits per heavy atom. The van der Waals surface area contributed by atoms with Crippen molar-refractivity contribution in [2.45, 2.75) is 19.5 Å². The number of carbonyl (C=O) groups excluding carboxylic acids is 1. The third-order valence-electron chi connectivity index (χ3n) is 5.01. The van der Waals surface area contributed by atoms with Crippen LogP contribution in [0.5, 0.6) is 0 Å². The van der Waals surface area contributed by atoms with Crippen LogP contribution in [0.15, 0.2) is 77.9 Å². The van der Waals surface area contributed by atoms with E-state index in [-0.39, 0.29) is 17.9 Å². The van der Waals surface area contributed by atoms with Crippen molar-refractivity contribution in [3.8, 4) is 0 Å². The molecule has 0 saturated carbocycles. The van der Waals surface area contributed by atoms with Crippen LogP contribution >= 0.6 is 0 Å². The maximum Gasteiger partial charge on any atom is 0.261 e. The van der Waals surface area contributed by atoms with E-state index in [1.54, 1.807) is 18.0 Å². The summed E-state index contributed by atoms with van der Waals surface area (Å²) in [6.45, 7) is 0.848. The zero-order valence-electron chi connectivity index (χ0n) is 15.7. The van der Waals surface area contributed by atoms with Crippen LogP contribution in [0.1, 0.15) is 12.0 Å². The molecule has 0 aliphatic rings. The van der Waals surface area contributed by atoms with Gasteiger partial charge in [0.2, 0.25) is 5.91 Å². The van der Waals surface area contributed by atoms with Gasteiger partial charge in [-0.1, -0.05) is 54.6 Å². The van der Waals surface area contributed by atoms with Gasteiger partial charge in [-0.25, -0.2) is 4.98 Å². The molecule has 0 aliphatic carbocycles. The first-order valence-corrected chi connectivity index (χ1v) is 9.28. The molecule has 0 unspecified atom stereocenters. The summed E-state index contributed by atoms with van der Waals surface area (Å²) in [4.78, 5) is 31.2. The molecule has 4 rings (SSSR count). The van der Waals surface area contributed by atoms with E-state index < -0.39 is 0 Å². The summed E-state index contributed by atoms with van der Waals surface area (Å²) in [6, 6.07) is 21.5. The molecule has 5 nitrogen and oxygen atoms in total. The molecule has 0 aliphatic heterocycles. The highest BCUT2D eigenvalue weighted by molar-refractivity contribution is 5.86. The molecule has 4 aromatic rings. The minimum absolute atomic E-state index is 0.00649. The second-order valence-corrected chi connectivity index (χ2v) is 6.90. The molecule has 0 saturated heterocycles. The Hall–Kier alpha value is -3.47. The summed E-state index contributed by atoms with van der Waals surface area (Å²) in [5.74, 6) is -0.00649. The van der Waals surface area contributed by atoms with Gasteiger partial charge < -0.3 is 4.90 Å². The van der Waals surface area contributed by atoms with Crippen LogP contribution in [0, 0.1) is 0 Å². The zero-order valence-corrected chi connectivity index (χ0v) is 15.7. The molecule has 0 bridgehead atoms. The van der Waals surface area contributed by atoms with E-state index in [9.17, 15) is 9.59 Å². The predicted molar refractivity (Wildman–Crippen MR) is 111 cm³/mol. The third kappa shape index (κ3) is 3.51. The Morgan fingerprint density at radius 2 is 1.68 bits per heavy atom. The smallest absolute Gasteiger partial charge is 0.261 e.